The molecule has 1 aliphatic heterocycles. The molecule has 1 saturated carbocycles. The van der Waals surface area contributed by atoms with Gasteiger partial charge in [0.05, 0.1) is 12.7 Å². The molecule has 0 bridgehead atoms. The van der Waals surface area contributed by atoms with E-state index in [4.69, 9.17) is 30.1 Å². The lowest BCUT2D eigenvalue weighted by Crippen LogP contribution is -2.41. The van der Waals surface area contributed by atoms with Crippen molar-refractivity contribution < 1.29 is 37.4 Å². The molecule has 1 aliphatic carbocycles. The van der Waals surface area contributed by atoms with E-state index >= 15 is 4.39 Å². The standard InChI is InChI=1S/C22H26ClFN3O9P/c1-12(2)34-18(30)13(3)26-37(32,36-14-7-5-4-6-8-14)33-11-15-17(29)21(23)19(22(21,24)35-15)27-10-9-16(28)25-20(27)31/h4-10,12-13,15,17,19,29H,11H2,1-3H3,(H,26,32)(H,25,28,31)/t13-,15?,17?,19?,21?,22?,37?/m0/s1. The third kappa shape index (κ3) is 5.12. The number of esters is 1. The van der Waals surface area contributed by atoms with E-state index in [1.54, 1.807) is 32.0 Å². The van der Waals surface area contributed by atoms with Crippen molar-refractivity contribution in [3.8, 4) is 5.75 Å². The van der Waals surface area contributed by atoms with Gasteiger partial charge in [0.1, 0.15) is 30.0 Å². The third-order valence-corrected chi connectivity index (χ3v) is 8.19. The van der Waals surface area contributed by atoms with Gasteiger partial charge in [-0.15, -0.1) is 11.6 Å². The van der Waals surface area contributed by atoms with E-state index in [-0.39, 0.29) is 5.75 Å². The number of para-hydroxylation sites is 1. The molecule has 0 spiro atoms. The van der Waals surface area contributed by atoms with Crippen molar-refractivity contribution in [3.63, 3.8) is 0 Å². The molecule has 3 N–H and O–H groups in total. The van der Waals surface area contributed by atoms with Gasteiger partial charge in [-0.1, -0.05) is 18.2 Å². The van der Waals surface area contributed by atoms with Gasteiger partial charge in [-0.05, 0) is 32.9 Å². The number of carbonyl (C=O) groups excluding carboxylic acids is 1. The van der Waals surface area contributed by atoms with E-state index in [2.05, 4.69) is 5.09 Å². The summed E-state index contributed by atoms with van der Waals surface area (Å²) in [5.74, 6) is -3.26. The van der Waals surface area contributed by atoms with Crippen LogP contribution in [0.3, 0.4) is 0 Å². The van der Waals surface area contributed by atoms with Crippen molar-refractivity contribution in [2.45, 2.75) is 61.9 Å². The number of nitrogens with one attached hydrogen (secondary N) is 2. The Labute approximate surface area is 215 Å². The fourth-order valence-corrected chi connectivity index (χ4v) is 6.08. The first-order chi connectivity index (χ1) is 17.3. The number of nitrogens with zero attached hydrogens (tertiary/aromatic N) is 1. The molecule has 2 aromatic rings. The largest absolute Gasteiger partial charge is 0.462 e. The van der Waals surface area contributed by atoms with Crippen molar-refractivity contribution in [1.29, 1.82) is 0 Å². The minimum atomic E-state index is -4.31. The highest BCUT2D eigenvalue weighted by atomic mass is 35.5. The van der Waals surface area contributed by atoms with Gasteiger partial charge in [0.15, 0.2) is 4.87 Å². The number of H-pyrrole nitrogens is 1. The molecular formula is C22H26ClFN3O9P. The molecule has 4 rings (SSSR count). The molecule has 0 radical (unpaired) electrons. The van der Waals surface area contributed by atoms with Crippen LogP contribution in [0.1, 0.15) is 26.8 Å². The zero-order valence-corrected chi connectivity index (χ0v) is 21.6. The highest BCUT2D eigenvalue weighted by Crippen LogP contribution is 2.72. The lowest BCUT2D eigenvalue weighted by Gasteiger charge is -2.26. The summed E-state index contributed by atoms with van der Waals surface area (Å²) in [4.78, 5) is 35.6. The molecule has 37 heavy (non-hydrogen) atoms. The molecule has 1 aromatic heterocycles. The minimum absolute atomic E-state index is 0.145. The van der Waals surface area contributed by atoms with Crippen LogP contribution in [0.4, 0.5) is 4.39 Å². The molecule has 12 nitrogen and oxygen atoms in total. The highest BCUT2D eigenvalue weighted by molar-refractivity contribution is 7.52. The van der Waals surface area contributed by atoms with Gasteiger partial charge >= 0.3 is 19.4 Å². The first kappa shape index (κ1) is 27.5. The smallest absolute Gasteiger partial charge is 0.459 e. The van der Waals surface area contributed by atoms with Crippen LogP contribution in [0.15, 0.2) is 52.2 Å². The van der Waals surface area contributed by atoms with E-state index in [1.165, 1.54) is 19.1 Å². The number of halogens is 2. The van der Waals surface area contributed by atoms with Crippen molar-refractivity contribution in [3.05, 3.63) is 63.4 Å². The molecule has 1 saturated heterocycles. The highest BCUT2D eigenvalue weighted by Gasteiger charge is 2.90. The zero-order chi connectivity index (χ0) is 27.2. The molecule has 202 valence electrons. The summed E-state index contributed by atoms with van der Waals surface area (Å²) < 4.78 is 51.3. The first-order valence-corrected chi connectivity index (χ1v) is 13.3. The molecule has 7 atom stereocenters. The summed E-state index contributed by atoms with van der Waals surface area (Å²) in [6.07, 6.45) is -2.51. The fraction of sp³-hybridized carbons (Fsp3) is 0.500. The van der Waals surface area contributed by atoms with E-state index < -0.39 is 72.7 Å². The number of alkyl halides is 2. The zero-order valence-electron chi connectivity index (χ0n) is 20.0. The average Bonchev–Trinajstić information content (AvgIpc) is 3.22. The lowest BCUT2D eigenvalue weighted by atomic mass is 10.1. The summed E-state index contributed by atoms with van der Waals surface area (Å²) in [5.41, 5.74) is -1.62. The topological polar surface area (TPSA) is 158 Å². The number of benzene rings is 1. The second kappa shape index (κ2) is 9.97. The van der Waals surface area contributed by atoms with Crippen LogP contribution >= 0.6 is 19.3 Å². The summed E-state index contributed by atoms with van der Waals surface area (Å²) in [7, 11) is -4.31. The Morgan fingerprint density at radius 3 is 2.54 bits per heavy atom. The molecule has 0 amide bonds. The van der Waals surface area contributed by atoms with E-state index in [1.807, 2.05) is 4.98 Å². The third-order valence-electron chi connectivity index (χ3n) is 5.86. The van der Waals surface area contributed by atoms with E-state index in [0.717, 1.165) is 16.8 Å². The molecule has 15 heteroatoms. The summed E-state index contributed by atoms with van der Waals surface area (Å²) in [5, 5.41) is 13.2. The predicted molar refractivity (Wildman–Crippen MR) is 128 cm³/mol. The second-order valence-electron chi connectivity index (χ2n) is 8.97. The van der Waals surface area contributed by atoms with Crippen LogP contribution in [0.25, 0.3) is 0 Å². The normalized spacial score (nSPS) is 30.8. The van der Waals surface area contributed by atoms with Gasteiger partial charge in [0.25, 0.3) is 11.4 Å². The maximum Gasteiger partial charge on any atom is 0.459 e. The number of ether oxygens (including phenoxy) is 2. The number of aliphatic hydroxyl groups excluding tert-OH is 1. The number of carbonyl (C=O) groups is 1. The van der Waals surface area contributed by atoms with Crippen LogP contribution in [0.2, 0.25) is 0 Å². The Morgan fingerprint density at radius 1 is 1.30 bits per heavy atom. The van der Waals surface area contributed by atoms with Gasteiger partial charge in [-0.2, -0.15) is 5.09 Å². The second-order valence-corrected chi connectivity index (χ2v) is 11.3. The van der Waals surface area contributed by atoms with Gasteiger partial charge in [0, 0.05) is 12.3 Å². The molecular weight excluding hydrogens is 536 g/mol. The number of fused-ring (bicyclic) bond motifs is 1. The molecule has 2 aliphatic rings. The Hall–Kier alpha value is -2.54. The van der Waals surface area contributed by atoms with E-state index in [0.29, 0.717) is 0 Å². The molecule has 6 unspecified atom stereocenters. The van der Waals surface area contributed by atoms with Crippen LogP contribution in [0, 0.1) is 0 Å². The van der Waals surface area contributed by atoms with Crippen molar-refractivity contribution in [2.24, 2.45) is 0 Å². The predicted octanol–water partition coefficient (Wildman–Crippen LogP) is 1.63. The first-order valence-electron chi connectivity index (χ1n) is 11.3. The summed E-state index contributed by atoms with van der Waals surface area (Å²) in [6.45, 7) is 4.03. The lowest BCUT2D eigenvalue weighted by molar-refractivity contribution is -0.149. The van der Waals surface area contributed by atoms with Gasteiger partial charge in [-0.25, -0.2) is 13.8 Å². The monoisotopic (exact) mass is 561 g/mol. The number of aliphatic hydroxyl groups is 1. The Kier molecular flexibility index (Phi) is 7.41. The number of rotatable bonds is 10. The van der Waals surface area contributed by atoms with Crippen LogP contribution in [0.5, 0.6) is 5.75 Å². The Balaban J connectivity index is 1.49. The molecule has 1 aromatic carbocycles. The fourth-order valence-electron chi connectivity index (χ4n) is 4.10. The minimum Gasteiger partial charge on any atom is -0.462 e. The number of aromatic amines is 1. The molecule has 2 fully saturated rings. The maximum absolute atomic E-state index is 15.6. The number of hydrogen-bond acceptors (Lipinski definition) is 9. The van der Waals surface area contributed by atoms with Gasteiger partial charge in [0.2, 0.25) is 0 Å². The van der Waals surface area contributed by atoms with E-state index in [9.17, 15) is 24.1 Å². The number of hydrogen-bond donors (Lipinski definition) is 3. The Morgan fingerprint density at radius 2 is 1.97 bits per heavy atom. The Bertz CT molecular complexity index is 1320. The quantitative estimate of drug-likeness (QED) is 0.221. The molecule has 2 heterocycles. The summed E-state index contributed by atoms with van der Waals surface area (Å²) >= 11 is 6.36. The van der Waals surface area contributed by atoms with Crippen LogP contribution < -0.4 is 20.9 Å². The van der Waals surface area contributed by atoms with Crippen molar-refractivity contribution in [2.75, 3.05) is 6.61 Å². The number of aromatic nitrogens is 2. The van der Waals surface area contributed by atoms with Crippen LogP contribution in [-0.2, 0) is 23.4 Å². The summed E-state index contributed by atoms with van der Waals surface area (Å²) in [6, 6.07) is 6.39. The van der Waals surface area contributed by atoms with Crippen molar-refractivity contribution in [1.82, 2.24) is 14.6 Å². The SMILES string of the molecule is CC(C)OC(=O)[C@H](C)NP(=O)(OCC1OC2(F)C(n3ccc(=O)[nH]c3=O)C2(Cl)C1O)Oc1ccccc1. The average molecular weight is 562 g/mol. The van der Waals surface area contributed by atoms with Gasteiger partial charge in [-0.3, -0.25) is 23.7 Å². The van der Waals surface area contributed by atoms with Crippen molar-refractivity contribution >= 4 is 25.3 Å². The van der Waals surface area contributed by atoms with Crippen LogP contribution in [-0.4, -0.2) is 62.3 Å². The maximum atomic E-state index is 15.6. The van der Waals surface area contributed by atoms with Gasteiger partial charge < -0.3 is 19.1 Å².